The monoisotopic (exact) mass is 249 g/mol. The Hall–Kier alpha value is -1.95. The maximum Gasteiger partial charge on any atom is 0.339 e. The predicted octanol–water partition coefficient (Wildman–Crippen LogP) is 2.60. The highest BCUT2D eigenvalue weighted by atomic mass is 32.1. The summed E-state index contributed by atoms with van der Waals surface area (Å²) >= 11 is 1.44. The minimum atomic E-state index is -1.01. The van der Waals surface area contributed by atoms with Gasteiger partial charge in [0.1, 0.15) is 5.56 Å². The van der Waals surface area contributed by atoms with E-state index in [0.717, 1.165) is 11.4 Å². The number of aryl methyl sites for hydroxylation is 2. The quantitative estimate of drug-likeness (QED) is 0.874. The number of carboxylic acid groups (broad SMARTS) is 1. The molecule has 17 heavy (non-hydrogen) atoms. The van der Waals surface area contributed by atoms with E-state index in [1.807, 2.05) is 19.2 Å². The predicted molar refractivity (Wildman–Crippen MR) is 66.1 cm³/mol. The molecule has 0 spiro atoms. The summed E-state index contributed by atoms with van der Waals surface area (Å²) < 4.78 is 0. The fraction of sp³-hybridized carbons (Fsp3) is 0.182. The molecule has 5 nitrogen and oxygen atoms in total. The SMILES string of the molecule is Cc1cc(Nc2nc(C)cs2)c(C(=O)O)cn1. The van der Waals surface area contributed by atoms with Gasteiger partial charge < -0.3 is 10.4 Å². The lowest BCUT2D eigenvalue weighted by Gasteiger charge is -2.07. The molecule has 0 unspecified atom stereocenters. The summed E-state index contributed by atoms with van der Waals surface area (Å²) in [6.45, 7) is 3.70. The van der Waals surface area contributed by atoms with Gasteiger partial charge in [-0.1, -0.05) is 0 Å². The molecule has 0 saturated carbocycles. The van der Waals surface area contributed by atoms with Crippen molar-refractivity contribution in [3.63, 3.8) is 0 Å². The third kappa shape index (κ3) is 2.59. The molecule has 0 saturated heterocycles. The highest BCUT2D eigenvalue weighted by molar-refractivity contribution is 7.13. The Bertz CT molecular complexity index is 566. The highest BCUT2D eigenvalue weighted by Gasteiger charge is 2.12. The van der Waals surface area contributed by atoms with Crippen LogP contribution in [0.4, 0.5) is 10.8 Å². The molecule has 0 radical (unpaired) electrons. The van der Waals surface area contributed by atoms with Crippen molar-refractivity contribution in [1.82, 2.24) is 9.97 Å². The van der Waals surface area contributed by atoms with Crippen LogP contribution in [0.2, 0.25) is 0 Å². The van der Waals surface area contributed by atoms with Crippen LogP contribution in [0, 0.1) is 13.8 Å². The van der Waals surface area contributed by atoms with E-state index in [1.165, 1.54) is 17.5 Å². The van der Waals surface area contributed by atoms with Gasteiger partial charge in [-0.3, -0.25) is 4.98 Å². The van der Waals surface area contributed by atoms with Gasteiger partial charge >= 0.3 is 5.97 Å². The number of aromatic nitrogens is 2. The minimum absolute atomic E-state index is 0.142. The first kappa shape index (κ1) is 11.5. The third-order valence-electron chi connectivity index (χ3n) is 2.13. The smallest absolute Gasteiger partial charge is 0.339 e. The first-order valence-corrected chi connectivity index (χ1v) is 5.83. The Kier molecular flexibility index (Phi) is 3.06. The summed E-state index contributed by atoms with van der Waals surface area (Å²) in [7, 11) is 0. The number of carbonyl (C=O) groups is 1. The van der Waals surface area contributed by atoms with E-state index >= 15 is 0 Å². The molecule has 0 amide bonds. The van der Waals surface area contributed by atoms with Crippen LogP contribution in [0.15, 0.2) is 17.6 Å². The number of nitrogens with one attached hydrogen (secondary N) is 1. The van der Waals surface area contributed by atoms with Gasteiger partial charge in [0.05, 0.1) is 11.4 Å². The van der Waals surface area contributed by atoms with Crippen LogP contribution in [-0.2, 0) is 0 Å². The van der Waals surface area contributed by atoms with Crippen LogP contribution >= 0.6 is 11.3 Å². The van der Waals surface area contributed by atoms with E-state index < -0.39 is 5.97 Å². The number of hydrogen-bond acceptors (Lipinski definition) is 5. The summed E-state index contributed by atoms with van der Waals surface area (Å²) in [5, 5.41) is 14.6. The standard InChI is InChI=1S/C11H11N3O2S/c1-6-3-9(8(4-12-6)10(15)16)14-11-13-7(2)5-17-11/h3-5H,1-2H3,(H,15,16)(H,12,13,14). The number of carboxylic acids is 1. The van der Waals surface area contributed by atoms with Crippen molar-refractivity contribution >= 4 is 28.1 Å². The van der Waals surface area contributed by atoms with Crippen LogP contribution in [0.5, 0.6) is 0 Å². The number of aromatic carboxylic acids is 1. The second kappa shape index (κ2) is 4.50. The van der Waals surface area contributed by atoms with Gasteiger partial charge in [-0.15, -0.1) is 11.3 Å². The van der Waals surface area contributed by atoms with Crippen molar-refractivity contribution in [2.45, 2.75) is 13.8 Å². The van der Waals surface area contributed by atoms with Gasteiger partial charge in [-0.25, -0.2) is 9.78 Å². The maximum atomic E-state index is 11.0. The zero-order valence-corrected chi connectivity index (χ0v) is 10.2. The lowest BCUT2D eigenvalue weighted by Crippen LogP contribution is -2.04. The first-order valence-electron chi connectivity index (χ1n) is 4.95. The minimum Gasteiger partial charge on any atom is -0.478 e. The van der Waals surface area contributed by atoms with E-state index in [0.29, 0.717) is 10.8 Å². The van der Waals surface area contributed by atoms with Crippen molar-refractivity contribution in [2.24, 2.45) is 0 Å². The molecule has 0 aliphatic heterocycles. The number of nitrogens with zero attached hydrogens (tertiary/aromatic N) is 2. The first-order chi connectivity index (χ1) is 8.06. The van der Waals surface area contributed by atoms with E-state index in [9.17, 15) is 4.79 Å². The number of rotatable bonds is 3. The third-order valence-corrected chi connectivity index (χ3v) is 3.01. The summed E-state index contributed by atoms with van der Waals surface area (Å²) in [6.07, 6.45) is 1.35. The summed E-state index contributed by atoms with van der Waals surface area (Å²) in [5.41, 5.74) is 2.31. The van der Waals surface area contributed by atoms with Crippen LogP contribution < -0.4 is 5.32 Å². The van der Waals surface area contributed by atoms with Crippen molar-refractivity contribution in [1.29, 1.82) is 0 Å². The highest BCUT2D eigenvalue weighted by Crippen LogP contribution is 2.23. The summed E-state index contributed by atoms with van der Waals surface area (Å²) in [4.78, 5) is 19.2. The molecular weight excluding hydrogens is 238 g/mol. The normalized spacial score (nSPS) is 10.2. The van der Waals surface area contributed by atoms with Gasteiger partial charge in [0, 0.05) is 17.3 Å². The van der Waals surface area contributed by atoms with Crippen LogP contribution in [0.1, 0.15) is 21.7 Å². The Balaban J connectivity index is 2.37. The second-order valence-electron chi connectivity index (χ2n) is 3.60. The molecule has 0 aliphatic rings. The fourth-order valence-electron chi connectivity index (χ4n) is 1.36. The number of pyridine rings is 1. The number of thiazole rings is 1. The van der Waals surface area contributed by atoms with Crippen LogP contribution in [-0.4, -0.2) is 21.0 Å². The van der Waals surface area contributed by atoms with Gasteiger partial charge in [-0.2, -0.15) is 0 Å². The summed E-state index contributed by atoms with van der Waals surface area (Å²) in [6, 6.07) is 1.69. The molecule has 2 aromatic heterocycles. The molecule has 88 valence electrons. The number of anilines is 2. The molecule has 6 heteroatoms. The average molecular weight is 249 g/mol. The van der Waals surface area contributed by atoms with Crippen LogP contribution in [0.25, 0.3) is 0 Å². The largest absolute Gasteiger partial charge is 0.478 e. The van der Waals surface area contributed by atoms with E-state index in [-0.39, 0.29) is 5.56 Å². The molecule has 0 aromatic carbocycles. The Morgan fingerprint density at radius 1 is 1.41 bits per heavy atom. The molecule has 2 aromatic rings. The maximum absolute atomic E-state index is 11.0. The van der Waals surface area contributed by atoms with Crippen LogP contribution in [0.3, 0.4) is 0 Å². The van der Waals surface area contributed by atoms with Gasteiger partial charge in [0.15, 0.2) is 5.13 Å². The average Bonchev–Trinajstić information content (AvgIpc) is 2.63. The fourth-order valence-corrected chi connectivity index (χ4v) is 2.06. The Morgan fingerprint density at radius 2 is 2.18 bits per heavy atom. The van der Waals surface area contributed by atoms with E-state index in [2.05, 4.69) is 15.3 Å². The Labute approximate surface area is 102 Å². The van der Waals surface area contributed by atoms with E-state index in [4.69, 9.17) is 5.11 Å². The molecule has 0 atom stereocenters. The van der Waals surface area contributed by atoms with Gasteiger partial charge in [0.2, 0.25) is 0 Å². The molecule has 2 N–H and O–H groups in total. The lowest BCUT2D eigenvalue weighted by atomic mass is 10.2. The Morgan fingerprint density at radius 3 is 2.76 bits per heavy atom. The molecule has 0 bridgehead atoms. The van der Waals surface area contributed by atoms with Crippen molar-refractivity contribution in [2.75, 3.05) is 5.32 Å². The lowest BCUT2D eigenvalue weighted by molar-refractivity contribution is 0.0697. The zero-order chi connectivity index (χ0) is 12.4. The molecular formula is C11H11N3O2S. The second-order valence-corrected chi connectivity index (χ2v) is 4.45. The molecule has 0 aliphatic carbocycles. The van der Waals surface area contributed by atoms with E-state index in [1.54, 1.807) is 6.07 Å². The van der Waals surface area contributed by atoms with Crippen molar-refractivity contribution in [3.05, 3.63) is 34.6 Å². The molecule has 2 rings (SSSR count). The molecule has 0 fully saturated rings. The van der Waals surface area contributed by atoms with Gasteiger partial charge in [-0.05, 0) is 19.9 Å². The summed E-state index contributed by atoms with van der Waals surface area (Å²) in [5.74, 6) is -1.01. The molecule has 2 heterocycles. The van der Waals surface area contributed by atoms with Crippen molar-refractivity contribution in [3.8, 4) is 0 Å². The van der Waals surface area contributed by atoms with Crippen molar-refractivity contribution < 1.29 is 9.90 Å². The number of hydrogen-bond donors (Lipinski definition) is 2. The van der Waals surface area contributed by atoms with Gasteiger partial charge in [0.25, 0.3) is 0 Å². The zero-order valence-electron chi connectivity index (χ0n) is 9.39. The topological polar surface area (TPSA) is 75.1 Å².